The molecule has 4 nitrogen and oxygen atoms in total. The Kier molecular flexibility index (Phi) is 4.77. The molecule has 21 heavy (non-hydrogen) atoms. The molecule has 1 N–H and O–H groups in total. The van der Waals surface area contributed by atoms with Crippen LogP contribution in [0.25, 0.3) is 0 Å². The molecule has 2 aromatic rings. The molecule has 0 atom stereocenters. The summed E-state index contributed by atoms with van der Waals surface area (Å²) in [7, 11) is 2.82. The Balaban J connectivity index is 2.19. The van der Waals surface area contributed by atoms with Gasteiger partial charge < -0.3 is 14.8 Å². The van der Waals surface area contributed by atoms with Crippen molar-refractivity contribution in [1.29, 1.82) is 0 Å². The van der Waals surface area contributed by atoms with E-state index in [0.717, 1.165) is 5.56 Å². The lowest BCUT2D eigenvalue weighted by Crippen LogP contribution is -2.09. The fourth-order valence-corrected chi connectivity index (χ4v) is 1.99. The first-order valence-corrected chi connectivity index (χ1v) is 6.39. The fourth-order valence-electron chi connectivity index (χ4n) is 1.99. The van der Waals surface area contributed by atoms with Gasteiger partial charge in [-0.1, -0.05) is 18.2 Å². The van der Waals surface area contributed by atoms with Gasteiger partial charge in [-0.2, -0.15) is 0 Å². The molecule has 0 fully saturated rings. The van der Waals surface area contributed by atoms with Crippen LogP contribution in [0, 0.1) is 5.82 Å². The van der Waals surface area contributed by atoms with E-state index in [1.807, 2.05) is 12.1 Å². The molecule has 0 radical (unpaired) electrons. The van der Waals surface area contributed by atoms with Crippen LogP contribution in [0.5, 0.6) is 5.75 Å². The number of halogens is 1. The first kappa shape index (κ1) is 14.8. The average molecular weight is 289 g/mol. The number of rotatable bonds is 5. The minimum Gasteiger partial charge on any atom is -0.494 e. The van der Waals surface area contributed by atoms with E-state index >= 15 is 0 Å². The Morgan fingerprint density at radius 3 is 2.67 bits per heavy atom. The van der Waals surface area contributed by atoms with Crippen molar-refractivity contribution >= 4 is 11.7 Å². The average Bonchev–Trinajstić information content (AvgIpc) is 2.53. The van der Waals surface area contributed by atoms with Crippen molar-refractivity contribution in [3.8, 4) is 5.75 Å². The van der Waals surface area contributed by atoms with Gasteiger partial charge >= 0.3 is 5.97 Å². The largest absolute Gasteiger partial charge is 0.494 e. The van der Waals surface area contributed by atoms with Crippen molar-refractivity contribution < 1.29 is 18.7 Å². The summed E-state index contributed by atoms with van der Waals surface area (Å²) in [6.07, 6.45) is 0. The molecule has 0 saturated carbocycles. The highest BCUT2D eigenvalue weighted by molar-refractivity contribution is 5.91. The first-order valence-electron chi connectivity index (χ1n) is 6.39. The molecule has 0 unspecified atom stereocenters. The summed E-state index contributed by atoms with van der Waals surface area (Å²) in [4.78, 5) is 11.7. The summed E-state index contributed by atoms with van der Waals surface area (Å²) < 4.78 is 23.0. The maximum atomic E-state index is 13.1. The standard InChI is InChI=1S/C16H16FNO3/c1-20-15-9-12(17)7-8-14(15)18-10-11-5-3-4-6-13(11)16(19)21-2/h3-9,18H,10H2,1-2H3. The molecule has 110 valence electrons. The smallest absolute Gasteiger partial charge is 0.338 e. The molecule has 0 bridgehead atoms. The van der Waals surface area contributed by atoms with Crippen molar-refractivity contribution in [1.82, 2.24) is 0 Å². The number of nitrogens with one attached hydrogen (secondary N) is 1. The molecular formula is C16H16FNO3. The molecular weight excluding hydrogens is 273 g/mol. The Bertz CT molecular complexity index is 643. The number of hydrogen-bond acceptors (Lipinski definition) is 4. The van der Waals surface area contributed by atoms with Gasteiger partial charge in [-0.25, -0.2) is 9.18 Å². The summed E-state index contributed by atoms with van der Waals surface area (Å²) in [6.45, 7) is 0.396. The second-order valence-corrected chi connectivity index (χ2v) is 4.35. The predicted molar refractivity (Wildman–Crippen MR) is 78.1 cm³/mol. The highest BCUT2D eigenvalue weighted by atomic mass is 19.1. The highest BCUT2D eigenvalue weighted by Crippen LogP contribution is 2.25. The van der Waals surface area contributed by atoms with Crippen LogP contribution in [0.1, 0.15) is 15.9 Å². The van der Waals surface area contributed by atoms with Crippen LogP contribution >= 0.6 is 0 Å². The zero-order valence-electron chi connectivity index (χ0n) is 11.9. The number of anilines is 1. The normalized spacial score (nSPS) is 10.0. The third-order valence-electron chi connectivity index (χ3n) is 3.06. The first-order chi connectivity index (χ1) is 10.2. The lowest BCUT2D eigenvalue weighted by atomic mass is 10.1. The molecule has 0 aliphatic heterocycles. The lowest BCUT2D eigenvalue weighted by molar-refractivity contribution is 0.0599. The third-order valence-corrected chi connectivity index (χ3v) is 3.06. The van der Waals surface area contributed by atoms with E-state index in [0.29, 0.717) is 23.5 Å². The molecule has 5 heteroatoms. The van der Waals surface area contributed by atoms with Crippen LogP contribution in [-0.4, -0.2) is 20.2 Å². The van der Waals surface area contributed by atoms with E-state index in [2.05, 4.69) is 5.32 Å². The number of esters is 1. The highest BCUT2D eigenvalue weighted by Gasteiger charge is 2.11. The van der Waals surface area contributed by atoms with Crippen LogP contribution < -0.4 is 10.1 Å². The number of methoxy groups -OCH3 is 2. The quantitative estimate of drug-likeness (QED) is 0.858. The number of benzene rings is 2. The van der Waals surface area contributed by atoms with Crippen molar-refractivity contribution in [2.45, 2.75) is 6.54 Å². The van der Waals surface area contributed by atoms with E-state index in [9.17, 15) is 9.18 Å². The molecule has 0 aliphatic rings. The Hall–Kier alpha value is -2.56. The summed E-state index contributed by atoms with van der Waals surface area (Å²) >= 11 is 0. The summed E-state index contributed by atoms with van der Waals surface area (Å²) in [6, 6.07) is 11.4. The maximum absolute atomic E-state index is 13.1. The molecule has 0 spiro atoms. The van der Waals surface area contributed by atoms with Crippen molar-refractivity contribution in [2.24, 2.45) is 0 Å². The van der Waals surface area contributed by atoms with Gasteiger partial charge in [0.25, 0.3) is 0 Å². The van der Waals surface area contributed by atoms with E-state index in [-0.39, 0.29) is 5.82 Å². The van der Waals surface area contributed by atoms with Crippen LogP contribution in [0.4, 0.5) is 10.1 Å². The molecule has 2 rings (SSSR count). The van der Waals surface area contributed by atoms with Gasteiger partial charge in [0.15, 0.2) is 0 Å². The van der Waals surface area contributed by atoms with E-state index in [1.54, 1.807) is 18.2 Å². The third kappa shape index (κ3) is 3.51. The van der Waals surface area contributed by atoms with Crippen molar-refractivity contribution in [3.05, 3.63) is 59.4 Å². The van der Waals surface area contributed by atoms with E-state index in [4.69, 9.17) is 9.47 Å². The van der Waals surface area contributed by atoms with Gasteiger partial charge in [-0.15, -0.1) is 0 Å². The predicted octanol–water partition coefficient (Wildman–Crippen LogP) is 3.23. The van der Waals surface area contributed by atoms with E-state index in [1.165, 1.54) is 26.4 Å². The minimum absolute atomic E-state index is 0.368. The Labute approximate surface area is 122 Å². The second-order valence-electron chi connectivity index (χ2n) is 4.35. The van der Waals surface area contributed by atoms with E-state index < -0.39 is 5.97 Å². The maximum Gasteiger partial charge on any atom is 0.338 e. The SMILES string of the molecule is COC(=O)c1ccccc1CNc1ccc(F)cc1OC. The Morgan fingerprint density at radius 1 is 1.19 bits per heavy atom. The number of carbonyl (C=O) groups excluding carboxylic acids is 1. The molecule has 0 amide bonds. The van der Waals surface area contributed by atoms with Gasteiger partial charge in [0.05, 0.1) is 25.5 Å². The number of hydrogen-bond donors (Lipinski definition) is 1. The van der Waals surface area contributed by atoms with Crippen LogP contribution in [0.15, 0.2) is 42.5 Å². The van der Waals surface area contributed by atoms with Crippen LogP contribution in [0.3, 0.4) is 0 Å². The zero-order chi connectivity index (χ0) is 15.2. The van der Waals surface area contributed by atoms with Gasteiger partial charge in [0, 0.05) is 12.6 Å². The van der Waals surface area contributed by atoms with Gasteiger partial charge in [0.2, 0.25) is 0 Å². The summed E-state index contributed by atoms with van der Waals surface area (Å²) in [5.41, 5.74) is 1.93. The monoisotopic (exact) mass is 289 g/mol. The van der Waals surface area contributed by atoms with Crippen LogP contribution in [0.2, 0.25) is 0 Å². The molecule has 0 aliphatic carbocycles. The number of ether oxygens (including phenoxy) is 2. The summed E-state index contributed by atoms with van der Waals surface area (Å²) in [5.74, 6) is -0.351. The minimum atomic E-state index is -0.390. The fraction of sp³-hybridized carbons (Fsp3) is 0.188. The Morgan fingerprint density at radius 2 is 1.95 bits per heavy atom. The topological polar surface area (TPSA) is 47.6 Å². The molecule has 0 aromatic heterocycles. The van der Waals surface area contributed by atoms with Crippen molar-refractivity contribution in [2.75, 3.05) is 19.5 Å². The van der Waals surface area contributed by atoms with Gasteiger partial charge in [-0.05, 0) is 23.8 Å². The van der Waals surface area contributed by atoms with Crippen molar-refractivity contribution in [3.63, 3.8) is 0 Å². The molecule has 2 aromatic carbocycles. The number of carbonyl (C=O) groups is 1. The molecule has 0 saturated heterocycles. The zero-order valence-corrected chi connectivity index (χ0v) is 11.9. The summed E-state index contributed by atoms with van der Waals surface area (Å²) in [5, 5.41) is 3.13. The van der Waals surface area contributed by atoms with Crippen LogP contribution in [-0.2, 0) is 11.3 Å². The second kappa shape index (κ2) is 6.74. The van der Waals surface area contributed by atoms with Gasteiger partial charge in [0.1, 0.15) is 11.6 Å². The molecule has 0 heterocycles. The lowest BCUT2D eigenvalue weighted by Gasteiger charge is -2.13. The van der Waals surface area contributed by atoms with Gasteiger partial charge in [-0.3, -0.25) is 0 Å².